The molecule has 6 heteroatoms. The summed E-state index contributed by atoms with van der Waals surface area (Å²) in [6, 6.07) is 13.8. The summed E-state index contributed by atoms with van der Waals surface area (Å²) < 4.78 is 10.5. The molecule has 0 saturated heterocycles. The monoisotopic (exact) mass is 344 g/mol. The van der Waals surface area contributed by atoms with Gasteiger partial charge in [0.15, 0.2) is 6.10 Å². The standard InChI is InChI=1S/C18H13ClO5/c1-10(18(21)22)23-16-9-15-13(7-14(16)19)12(8-17(20)24-15)11-5-3-2-4-6-11/h2-10H,1H3,(H,21,22)/t10-/m0/s1. The van der Waals surface area contributed by atoms with E-state index in [9.17, 15) is 9.59 Å². The van der Waals surface area contributed by atoms with E-state index < -0.39 is 17.7 Å². The van der Waals surface area contributed by atoms with Crippen LogP contribution in [0.1, 0.15) is 6.92 Å². The van der Waals surface area contributed by atoms with Crippen molar-refractivity contribution >= 4 is 28.5 Å². The van der Waals surface area contributed by atoms with Crippen LogP contribution < -0.4 is 10.4 Å². The molecule has 0 amide bonds. The van der Waals surface area contributed by atoms with Crippen LogP contribution in [0.15, 0.2) is 57.7 Å². The Balaban J connectivity index is 2.18. The molecule has 5 nitrogen and oxygen atoms in total. The van der Waals surface area contributed by atoms with Gasteiger partial charge >= 0.3 is 11.6 Å². The first-order valence-corrected chi connectivity index (χ1v) is 7.56. The highest BCUT2D eigenvalue weighted by molar-refractivity contribution is 6.33. The van der Waals surface area contributed by atoms with Crippen molar-refractivity contribution in [1.82, 2.24) is 0 Å². The SMILES string of the molecule is C[C@H](Oc1cc2oc(=O)cc(-c3ccccc3)c2cc1Cl)C(=O)O. The van der Waals surface area contributed by atoms with Crippen molar-refractivity contribution in [3.05, 3.63) is 64.0 Å². The number of hydrogen-bond acceptors (Lipinski definition) is 4. The number of halogens is 1. The predicted octanol–water partition coefficient (Wildman–Crippen LogP) is 3.97. The topological polar surface area (TPSA) is 76.7 Å². The van der Waals surface area contributed by atoms with Crippen LogP contribution in [-0.4, -0.2) is 17.2 Å². The summed E-state index contributed by atoms with van der Waals surface area (Å²) in [5.74, 6) is -0.974. The third-order valence-corrected chi connectivity index (χ3v) is 3.83. The van der Waals surface area contributed by atoms with E-state index in [0.29, 0.717) is 10.9 Å². The third-order valence-electron chi connectivity index (χ3n) is 3.53. The Morgan fingerprint density at radius 2 is 1.92 bits per heavy atom. The Bertz CT molecular complexity index is 962. The maximum Gasteiger partial charge on any atom is 0.344 e. The van der Waals surface area contributed by atoms with Crippen LogP contribution in [-0.2, 0) is 4.79 Å². The first-order chi connectivity index (χ1) is 11.5. The van der Waals surface area contributed by atoms with Crippen molar-refractivity contribution in [1.29, 1.82) is 0 Å². The molecule has 1 atom stereocenters. The molecule has 24 heavy (non-hydrogen) atoms. The Kier molecular flexibility index (Phi) is 4.27. The van der Waals surface area contributed by atoms with Gasteiger partial charge in [0.2, 0.25) is 0 Å². The predicted molar refractivity (Wildman–Crippen MR) is 90.7 cm³/mol. The van der Waals surface area contributed by atoms with Crippen LogP contribution in [0.2, 0.25) is 5.02 Å². The average molecular weight is 345 g/mol. The molecule has 0 aliphatic heterocycles. The van der Waals surface area contributed by atoms with E-state index in [2.05, 4.69) is 0 Å². The fraction of sp³-hybridized carbons (Fsp3) is 0.111. The lowest BCUT2D eigenvalue weighted by Crippen LogP contribution is -2.23. The summed E-state index contributed by atoms with van der Waals surface area (Å²) in [5.41, 5.74) is 1.29. The molecule has 2 aromatic carbocycles. The van der Waals surface area contributed by atoms with E-state index in [0.717, 1.165) is 5.56 Å². The second kappa shape index (κ2) is 6.37. The Hall–Kier alpha value is -2.79. The second-order valence-electron chi connectivity index (χ2n) is 5.22. The summed E-state index contributed by atoms with van der Waals surface area (Å²) in [5, 5.41) is 9.82. The van der Waals surface area contributed by atoms with Gasteiger partial charge in [-0.25, -0.2) is 9.59 Å². The van der Waals surface area contributed by atoms with Crippen molar-refractivity contribution in [2.45, 2.75) is 13.0 Å². The minimum Gasteiger partial charge on any atom is -0.479 e. The molecule has 1 N–H and O–H groups in total. The van der Waals surface area contributed by atoms with Gasteiger partial charge in [0.1, 0.15) is 11.3 Å². The summed E-state index contributed by atoms with van der Waals surface area (Å²) in [6.45, 7) is 1.39. The number of aliphatic carboxylic acids is 1. The molecule has 1 heterocycles. The summed E-state index contributed by atoms with van der Waals surface area (Å²) in [7, 11) is 0. The van der Waals surface area contributed by atoms with E-state index in [1.165, 1.54) is 19.1 Å². The molecular weight excluding hydrogens is 332 g/mol. The lowest BCUT2D eigenvalue weighted by Gasteiger charge is -2.13. The molecule has 1 aromatic heterocycles. The number of benzene rings is 2. The van der Waals surface area contributed by atoms with Gasteiger partial charge in [-0.05, 0) is 24.1 Å². The lowest BCUT2D eigenvalue weighted by molar-refractivity contribution is -0.144. The first-order valence-electron chi connectivity index (χ1n) is 7.18. The fourth-order valence-electron chi connectivity index (χ4n) is 2.35. The molecule has 0 unspecified atom stereocenters. The maximum atomic E-state index is 11.9. The smallest absolute Gasteiger partial charge is 0.344 e. The number of carboxylic acids is 1. The van der Waals surface area contributed by atoms with Crippen molar-refractivity contribution < 1.29 is 19.1 Å². The van der Waals surface area contributed by atoms with Gasteiger partial charge in [-0.3, -0.25) is 0 Å². The Morgan fingerprint density at radius 3 is 2.58 bits per heavy atom. The van der Waals surface area contributed by atoms with E-state index in [1.807, 2.05) is 30.3 Å². The van der Waals surface area contributed by atoms with Gasteiger partial charge in [-0.1, -0.05) is 41.9 Å². The van der Waals surface area contributed by atoms with Gasteiger partial charge in [0, 0.05) is 17.5 Å². The Morgan fingerprint density at radius 1 is 1.21 bits per heavy atom. The van der Waals surface area contributed by atoms with Crippen molar-refractivity contribution in [2.24, 2.45) is 0 Å². The first kappa shape index (κ1) is 16.1. The average Bonchev–Trinajstić information content (AvgIpc) is 2.56. The zero-order valence-corrected chi connectivity index (χ0v) is 13.4. The molecule has 0 radical (unpaired) electrons. The third kappa shape index (κ3) is 3.12. The largest absolute Gasteiger partial charge is 0.479 e. The number of carboxylic acid groups (broad SMARTS) is 1. The Labute approximate surface area is 142 Å². The van der Waals surface area contributed by atoms with Gasteiger partial charge < -0.3 is 14.3 Å². The number of carbonyl (C=O) groups is 1. The van der Waals surface area contributed by atoms with Gasteiger partial charge in [-0.2, -0.15) is 0 Å². The van der Waals surface area contributed by atoms with Gasteiger partial charge in [-0.15, -0.1) is 0 Å². The molecule has 122 valence electrons. The van der Waals surface area contributed by atoms with Crippen LogP contribution in [0.4, 0.5) is 0 Å². The molecule has 0 spiro atoms. The highest BCUT2D eigenvalue weighted by Crippen LogP contribution is 2.35. The molecular formula is C18H13ClO5. The van der Waals surface area contributed by atoms with Crippen LogP contribution >= 0.6 is 11.6 Å². The van der Waals surface area contributed by atoms with Crippen molar-refractivity contribution in [2.75, 3.05) is 0 Å². The van der Waals surface area contributed by atoms with E-state index in [1.54, 1.807) is 6.07 Å². The molecule has 3 aromatic rings. The second-order valence-corrected chi connectivity index (χ2v) is 5.63. The summed E-state index contributed by atoms with van der Waals surface area (Å²) >= 11 is 6.21. The zero-order valence-electron chi connectivity index (χ0n) is 12.7. The number of rotatable bonds is 4. The molecule has 0 aliphatic carbocycles. The maximum absolute atomic E-state index is 11.9. The highest BCUT2D eigenvalue weighted by atomic mass is 35.5. The molecule has 3 rings (SSSR count). The quantitative estimate of drug-likeness (QED) is 0.725. The van der Waals surface area contributed by atoms with Crippen LogP contribution in [0, 0.1) is 0 Å². The minimum absolute atomic E-state index is 0.146. The van der Waals surface area contributed by atoms with Crippen molar-refractivity contribution in [3.8, 4) is 16.9 Å². The number of ether oxygens (including phenoxy) is 1. The van der Waals surface area contributed by atoms with E-state index in [4.69, 9.17) is 25.9 Å². The molecule has 0 saturated carbocycles. The molecule has 0 fully saturated rings. The normalized spacial score (nSPS) is 12.1. The minimum atomic E-state index is -1.12. The zero-order chi connectivity index (χ0) is 17.3. The van der Waals surface area contributed by atoms with Crippen molar-refractivity contribution in [3.63, 3.8) is 0 Å². The molecule has 0 aliphatic rings. The van der Waals surface area contributed by atoms with Crippen LogP contribution in [0.25, 0.3) is 22.1 Å². The fourth-order valence-corrected chi connectivity index (χ4v) is 2.56. The van der Waals surface area contributed by atoms with E-state index >= 15 is 0 Å². The summed E-state index contributed by atoms with van der Waals surface area (Å²) in [4.78, 5) is 22.8. The summed E-state index contributed by atoms with van der Waals surface area (Å²) in [6.07, 6.45) is -1.08. The van der Waals surface area contributed by atoms with E-state index in [-0.39, 0.29) is 16.4 Å². The highest BCUT2D eigenvalue weighted by Gasteiger charge is 2.17. The lowest BCUT2D eigenvalue weighted by atomic mass is 10.0. The number of hydrogen-bond donors (Lipinski definition) is 1. The van der Waals surface area contributed by atoms with Gasteiger partial charge in [0.25, 0.3) is 0 Å². The van der Waals surface area contributed by atoms with Gasteiger partial charge in [0.05, 0.1) is 5.02 Å². The number of fused-ring (bicyclic) bond motifs is 1. The van der Waals surface area contributed by atoms with Crippen LogP contribution in [0.5, 0.6) is 5.75 Å². The molecule has 0 bridgehead atoms. The van der Waals surface area contributed by atoms with Crippen LogP contribution in [0.3, 0.4) is 0 Å².